The highest BCUT2D eigenvalue weighted by atomic mass is 16.5. The molecule has 0 saturated heterocycles. The van der Waals surface area contributed by atoms with E-state index in [2.05, 4.69) is 24.0 Å². The lowest BCUT2D eigenvalue weighted by Gasteiger charge is -2.09. The molecule has 112 valence electrons. The maximum atomic E-state index is 11.7. The second-order valence-corrected chi connectivity index (χ2v) is 5.47. The molecule has 0 amide bonds. The van der Waals surface area contributed by atoms with Gasteiger partial charge in [0.25, 0.3) is 0 Å². The topological polar surface area (TPSA) is 42.1 Å². The minimum atomic E-state index is 0.589. The zero-order valence-electron chi connectivity index (χ0n) is 13.1. The van der Waals surface area contributed by atoms with Gasteiger partial charge in [-0.3, -0.25) is 4.79 Å². The summed E-state index contributed by atoms with van der Waals surface area (Å²) in [5, 5.41) is 0.966. The van der Waals surface area contributed by atoms with Crippen molar-refractivity contribution < 1.29 is 9.53 Å². The molecule has 0 bridgehead atoms. The zero-order chi connectivity index (χ0) is 15.7. The van der Waals surface area contributed by atoms with Crippen molar-refractivity contribution in [2.75, 3.05) is 6.61 Å². The number of rotatable bonds is 4. The normalized spacial score (nSPS) is 10.9. The Balaban J connectivity index is 2.32. The van der Waals surface area contributed by atoms with E-state index in [1.54, 1.807) is 0 Å². The molecule has 3 aromatic rings. The summed E-state index contributed by atoms with van der Waals surface area (Å²) >= 11 is 0. The van der Waals surface area contributed by atoms with Gasteiger partial charge in [0.05, 0.1) is 12.3 Å². The summed E-state index contributed by atoms with van der Waals surface area (Å²) in [4.78, 5) is 15.1. The molecule has 0 aliphatic heterocycles. The summed E-state index contributed by atoms with van der Waals surface area (Å²) < 4.78 is 5.70. The highest BCUT2D eigenvalue weighted by molar-refractivity contribution is 6.06. The molecule has 2 aromatic carbocycles. The minimum Gasteiger partial charge on any atom is -0.493 e. The van der Waals surface area contributed by atoms with Crippen molar-refractivity contribution in [1.82, 2.24) is 4.98 Å². The van der Waals surface area contributed by atoms with Crippen LogP contribution >= 0.6 is 0 Å². The van der Waals surface area contributed by atoms with Crippen LogP contribution in [0.25, 0.3) is 22.2 Å². The van der Waals surface area contributed by atoms with Gasteiger partial charge in [0.15, 0.2) is 6.29 Å². The quantitative estimate of drug-likeness (QED) is 0.711. The number of hydrogen-bond donors (Lipinski definition) is 1. The van der Waals surface area contributed by atoms with E-state index in [9.17, 15) is 4.79 Å². The first kappa shape index (κ1) is 14.4. The summed E-state index contributed by atoms with van der Waals surface area (Å²) in [7, 11) is 0. The van der Waals surface area contributed by atoms with Crippen molar-refractivity contribution >= 4 is 17.2 Å². The Kier molecular flexibility index (Phi) is 3.72. The van der Waals surface area contributed by atoms with Gasteiger partial charge in [-0.25, -0.2) is 0 Å². The maximum absolute atomic E-state index is 11.7. The second-order valence-electron chi connectivity index (χ2n) is 5.47. The number of ether oxygens (including phenoxy) is 1. The van der Waals surface area contributed by atoms with Crippen LogP contribution in [0.3, 0.4) is 0 Å². The first-order valence-electron chi connectivity index (χ1n) is 7.46. The van der Waals surface area contributed by atoms with E-state index in [0.717, 1.165) is 45.3 Å². The van der Waals surface area contributed by atoms with E-state index >= 15 is 0 Å². The number of aryl methyl sites for hydroxylation is 2. The summed E-state index contributed by atoms with van der Waals surface area (Å²) in [6, 6.07) is 12.0. The third-order valence-corrected chi connectivity index (χ3v) is 3.86. The zero-order valence-corrected chi connectivity index (χ0v) is 13.1. The first-order valence-corrected chi connectivity index (χ1v) is 7.46. The number of benzene rings is 2. The number of carbonyl (C=O) groups excluding carboxylic acids is 1. The molecule has 0 spiro atoms. The average molecular weight is 293 g/mol. The fourth-order valence-corrected chi connectivity index (χ4v) is 2.96. The Morgan fingerprint density at radius 2 is 1.95 bits per heavy atom. The van der Waals surface area contributed by atoms with Crippen LogP contribution in [0.1, 0.15) is 28.4 Å². The van der Waals surface area contributed by atoms with Crippen molar-refractivity contribution in [2.45, 2.75) is 20.8 Å². The third-order valence-electron chi connectivity index (χ3n) is 3.86. The van der Waals surface area contributed by atoms with Crippen LogP contribution in [0.15, 0.2) is 36.4 Å². The van der Waals surface area contributed by atoms with Gasteiger partial charge in [0, 0.05) is 22.0 Å². The Morgan fingerprint density at radius 3 is 2.68 bits per heavy atom. The fourth-order valence-electron chi connectivity index (χ4n) is 2.96. The van der Waals surface area contributed by atoms with Crippen molar-refractivity contribution in [2.24, 2.45) is 0 Å². The van der Waals surface area contributed by atoms with Crippen molar-refractivity contribution in [1.29, 1.82) is 0 Å². The van der Waals surface area contributed by atoms with Crippen molar-refractivity contribution in [3.8, 4) is 17.0 Å². The molecule has 0 fully saturated rings. The molecule has 3 nitrogen and oxygen atoms in total. The molecule has 1 N–H and O–H groups in total. The van der Waals surface area contributed by atoms with Gasteiger partial charge in [-0.15, -0.1) is 0 Å². The summed E-state index contributed by atoms with van der Waals surface area (Å²) in [6.45, 7) is 6.64. The number of hydrogen-bond acceptors (Lipinski definition) is 2. The number of para-hydroxylation sites is 1. The first-order chi connectivity index (χ1) is 10.7. The number of carbonyl (C=O) groups is 1. The van der Waals surface area contributed by atoms with Gasteiger partial charge in [-0.05, 0) is 44.5 Å². The summed E-state index contributed by atoms with van der Waals surface area (Å²) in [5.41, 5.74) is 5.72. The van der Waals surface area contributed by atoms with Crippen molar-refractivity contribution in [3.05, 3.63) is 53.1 Å². The van der Waals surface area contributed by atoms with Crippen LogP contribution in [0.4, 0.5) is 0 Å². The maximum Gasteiger partial charge on any atom is 0.152 e. The molecule has 0 saturated carbocycles. The van der Waals surface area contributed by atoms with Gasteiger partial charge in [-0.1, -0.05) is 23.8 Å². The van der Waals surface area contributed by atoms with E-state index in [-0.39, 0.29) is 0 Å². The molecule has 0 radical (unpaired) electrons. The largest absolute Gasteiger partial charge is 0.493 e. The second kappa shape index (κ2) is 5.68. The van der Waals surface area contributed by atoms with Crippen LogP contribution in [-0.4, -0.2) is 17.9 Å². The highest BCUT2D eigenvalue weighted by Crippen LogP contribution is 2.36. The van der Waals surface area contributed by atoms with Crippen LogP contribution < -0.4 is 4.74 Å². The molecule has 0 unspecified atom stereocenters. The van der Waals surface area contributed by atoms with Crippen LogP contribution in [-0.2, 0) is 0 Å². The molecule has 1 heterocycles. The number of fused-ring (bicyclic) bond motifs is 1. The lowest BCUT2D eigenvalue weighted by Crippen LogP contribution is -1.95. The van der Waals surface area contributed by atoms with Gasteiger partial charge in [-0.2, -0.15) is 0 Å². The Bertz CT molecular complexity index is 846. The highest BCUT2D eigenvalue weighted by Gasteiger charge is 2.17. The minimum absolute atomic E-state index is 0.589. The van der Waals surface area contributed by atoms with Gasteiger partial charge >= 0.3 is 0 Å². The number of aromatic nitrogens is 1. The number of nitrogens with one attached hydrogen (secondary N) is 1. The van der Waals surface area contributed by atoms with E-state index < -0.39 is 0 Å². The fraction of sp³-hybridized carbons (Fsp3) is 0.211. The molecule has 3 heteroatoms. The summed E-state index contributed by atoms with van der Waals surface area (Å²) in [5.74, 6) is 0.786. The van der Waals surface area contributed by atoms with Gasteiger partial charge in [0.2, 0.25) is 0 Å². The molecule has 22 heavy (non-hydrogen) atoms. The van der Waals surface area contributed by atoms with Gasteiger partial charge in [0.1, 0.15) is 5.75 Å². The molecular formula is C19H19NO2. The SMILES string of the molecule is CCOc1ccccc1-c1[nH]c2c(C)cc(C)cc2c1C=O. The Morgan fingerprint density at radius 1 is 1.18 bits per heavy atom. The predicted molar refractivity (Wildman–Crippen MR) is 89.8 cm³/mol. The van der Waals surface area contributed by atoms with Gasteiger partial charge < -0.3 is 9.72 Å². The van der Waals surface area contributed by atoms with E-state index in [1.807, 2.05) is 38.1 Å². The average Bonchev–Trinajstić information content (AvgIpc) is 2.86. The number of H-pyrrole nitrogens is 1. The van der Waals surface area contributed by atoms with Crippen LogP contribution in [0.5, 0.6) is 5.75 Å². The monoisotopic (exact) mass is 293 g/mol. The standard InChI is InChI=1S/C19H19NO2/c1-4-22-17-8-6-5-7-14(17)19-16(11-21)15-10-12(2)9-13(3)18(15)20-19/h5-11,20H,4H2,1-3H3. The van der Waals surface area contributed by atoms with Crippen LogP contribution in [0.2, 0.25) is 0 Å². The lowest BCUT2D eigenvalue weighted by atomic mass is 10.0. The third kappa shape index (κ3) is 2.29. The predicted octanol–water partition coefficient (Wildman–Crippen LogP) is 4.66. The molecule has 0 aliphatic carbocycles. The molecule has 0 atom stereocenters. The Hall–Kier alpha value is -2.55. The van der Waals surface area contributed by atoms with E-state index in [4.69, 9.17) is 4.74 Å². The smallest absolute Gasteiger partial charge is 0.152 e. The van der Waals surface area contributed by atoms with E-state index in [0.29, 0.717) is 12.2 Å². The molecule has 3 rings (SSSR count). The van der Waals surface area contributed by atoms with Crippen molar-refractivity contribution in [3.63, 3.8) is 0 Å². The molecule has 1 aromatic heterocycles. The molecular weight excluding hydrogens is 274 g/mol. The Labute approximate surface area is 129 Å². The number of aromatic amines is 1. The molecule has 0 aliphatic rings. The van der Waals surface area contributed by atoms with E-state index in [1.165, 1.54) is 0 Å². The van der Waals surface area contributed by atoms with Crippen LogP contribution in [0, 0.1) is 13.8 Å². The lowest BCUT2D eigenvalue weighted by molar-refractivity contribution is 0.112. The number of aldehydes is 1. The summed E-state index contributed by atoms with van der Waals surface area (Å²) in [6.07, 6.45) is 0.926.